The van der Waals surface area contributed by atoms with Gasteiger partial charge in [0.1, 0.15) is 11.7 Å². The van der Waals surface area contributed by atoms with Gasteiger partial charge in [0.25, 0.3) is 17.4 Å². The summed E-state index contributed by atoms with van der Waals surface area (Å²) >= 11 is 0. The third-order valence-electron chi connectivity index (χ3n) is 6.05. The van der Waals surface area contributed by atoms with Crippen LogP contribution in [0.3, 0.4) is 0 Å². The quantitative estimate of drug-likeness (QED) is 0.740. The van der Waals surface area contributed by atoms with Gasteiger partial charge in [-0.05, 0) is 42.4 Å². The minimum absolute atomic E-state index is 0.0551. The zero-order valence-electron chi connectivity index (χ0n) is 18.1. The van der Waals surface area contributed by atoms with Gasteiger partial charge in [-0.25, -0.2) is 0 Å². The van der Waals surface area contributed by atoms with Crippen molar-refractivity contribution in [2.75, 3.05) is 13.7 Å². The molecule has 0 spiro atoms. The van der Waals surface area contributed by atoms with E-state index in [2.05, 4.69) is 5.32 Å². The number of pyridine rings is 1. The summed E-state index contributed by atoms with van der Waals surface area (Å²) < 4.78 is 6.92. The van der Waals surface area contributed by atoms with Crippen LogP contribution in [0.5, 0.6) is 0 Å². The van der Waals surface area contributed by atoms with Crippen molar-refractivity contribution in [1.82, 2.24) is 14.8 Å². The Labute approximate surface area is 182 Å². The molecule has 0 radical (unpaired) electrons. The van der Waals surface area contributed by atoms with Crippen molar-refractivity contribution < 1.29 is 14.3 Å². The van der Waals surface area contributed by atoms with Gasteiger partial charge in [-0.1, -0.05) is 37.3 Å². The Hall–Kier alpha value is -2.93. The van der Waals surface area contributed by atoms with Crippen LogP contribution in [0.2, 0.25) is 0 Å². The molecular formula is C24H29N3O4. The summed E-state index contributed by atoms with van der Waals surface area (Å²) in [5.74, 6) is -0.352. The third kappa shape index (κ3) is 4.56. The lowest BCUT2D eigenvalue weighted by molar-refractivity contribution is -0.143. The van der Waals surface area contributed by atoms with Gasteiger partial charge in [-0.3, -0.25) is 14.4 Å². The molecule has 1 aliphatic carbocycles. The molecular weight excluding hydrogens is 394 g/mol. The molecule has 1 aromatic carbocycles. The molecule has 1 unspecified atom stereocenters. The Kier molecular flexibility index (Phi) is 6.23. The molecule has 2 aromatic rings. The van der Waals surface area contributed by atoms with Crippen molar-refractivity contribution in [3.05, 3.63) is 69.1 Å². The highest BCUT2D eigenvalue weighted by Crippen LogP contribution is 2.24. The van der Waals surface area contributed by atoms with Crippen LogP contribution in [-0.4, -0.2) is 47.1 Å². The van der Waals surface area contributed by atoms with E-state index >= 15 is 0 Å². The molecule has 4 rings (SSSR count). The van der Waals surface area contributed by atoms with Crippen LogP contribution < -0.4 is 10.9 Å². The van der Waals surface area contributed by atoms with Crippen LogP contribution in [0.25, 0.3) is 0 Å². The number of amides is 2. The summed E-state index contributed by atoms with van der Waals surface area (Å²) in [4.78, 5) is 40.9. The summed E-state index contributed by atoms with van der Waals surface area (Å²) in [7, 11) is 1.54. The van der Waals surface area contributed by atoms with Crippen LogP contribution in [0.4, 0.5) is 0 Å². The van der Waals surface area contributed by atoms with Gasteiger partial charge in [0, 0.05) is 32.4 Å². The monoisotopic (exact) mass is 423 g/mol. The zero-order valence-corrected chi connectivity index (χ0v) is 18.1. The first kappa shape index (κ1) is 21.3. The average molecular weight is 424 g/mol. The first-order valence-electron chi connectivity index (χ1n) is 10.9. The van der Waals surface area contributed by atoms with E-state index in [9.17, 15) is 14.4 Å². The van der Waals surface area contributed by atoms with Crippen molar-refractivity contribution in [2.24, 2.45) is 0 Å². The summed E-state index contributed by atoms with van der Waals surface area (Å²) in [6.07, 6.45) is 4.32. The van der Waals surface area contributed by atoms with E-state index in [0.717, 1.165) is 29.5 Å². The fourth-order valence-corrected chi connectivity index (χ4v) is 4.16. The van der Waals surface area contributed by atoms with Crippen LogP contribution in [-0.2, 0) is 29.0 Å². The molecule has 164 valence electrons. The average Bonchev–Trinajstić information content (AvgIpc) is 3.59. The Morgan fingerprint density at radius 1 is 1.23 bits per heavy atom. The minimum Gasteiger partial charge on any atom is -0.372 e. The molecule has 1 saturated carbocycles. The number of methoxy groups -OCH3 is 1. The number of hydrogen-bond donors (Lipinski definition) is 1. The van der Waals surface area contributed by atoms with Gasteiger partial charge in [-0.15, -0.1) is 0 Å². The molecule has 1 N–H and O–H groups in total. The van der Waals surface area contributed by atoms with Crippen LogP contribution >= 0.6 is 0 Å². The first-order chi connectivity index (χ1) is 15.0. The zero-order chi connectivity index (χ0) is 22.0. The molecule has 2 amide bonds. The highest BCUT2D eigenvalue weighted by molar-refractivity contribution is 5.96. The van der Waals surface area contributed by atoms with Crippen molar-refractivity contribution in [3.63, 3.8) is 0 Å². The number of carbonyl (C=O) groups excluding carboxylic acids is 2. The van der Waals surface area contributed by atoms with Crippen molar-refractivity contribution in [3.8, 4) is 0 Å². The van der Waals surface area contributed by atoms with Crippen molar-refractivity contribution >= 4 is 11.8 Å². The SMILES string of the molecule is CCC(OC)C(=O)N1CCc2c(cn(Cc3ccccc3)c(=O)c2C(=O)NC2CC2)C1. The second-order valence-electron chi connectivity index (χ2n) is 8.32. The number of nitrogens with zero attached hydrogens (tertiary/aromatic N) is 2. The number of benzene rings is 1. The highest BCUT2D eigenvalue weighted by Gasteiger charge is 2.32. The van der Waals surface area contributed by atoms with E-state index < -0.39 is 6.10 Å². The van der Waals surface area contributed by atoms with E-state index in [1.54, 1.807) is 16.6 Å². The smallest absolute Gasteiger partial charge is 0.264 e. The van der Waals surface area contributed by atoms with E-state index in [1.807, 2.05) is 43.5 Å². The van der Waals surface area contributed by atoms with Gasteiger partial charge in [0.2, 0.25) is 0 Å². The topological polar surface area (TPSA) is 80.6 Å². The van der Waals surface area contributed by atoms with Gasteiger partial charge in [0.15, 0.2) is 0 Å². The molecule has 0 bridgehead atoms. The lowest BCUT2D eigenvalue weighted by Gasteiger charge is -2.32. The third-order valence-corrected chi connectivity index (χ3v) is 6.05. The summed E-state index contributed by atoms with van der Waals surface area (Å²) in [5, 5.41) is 2.97. The maximum atomic E-state index is 13.3. The number of ether oxygens (including phenoxy) is 1. The van der Waals surface area contributed by atoms with E-state index in [0.29, 0.717) is 32.5 Å². The van der Waals surface area contributed by atoms with Crippen molar-refractivity contribution in [1.29, 1.82) is 0 Å². The van der Waals surface area contributed by atoms with Crippen molar-refractivity contribution in [2.45, 2.75) is 57.8 Å². The Bertz CT molecular complexity index is 1020. The standard InChI is InChI=1S/C24H29N3O4/c1-3-20(31-2)23(29)26-12-11-19-17(14-26)15-27(13-16-7-5-4-6-8-16)24(30)21(19)22(28)25-18-9-10-18/h4-8,15,18,20H,3,9-14H2,1-2H3,(H,25,28). The van der Waals surface area contributed by atoms with Gasteiger partial charge < -0.3 is 19.5 Å². The molecule has 7 heteroatoms. The van der Waals surface area contributed by atoms with Crippen LogP contribution in [0.15, 0.2) is 41.3 Å². The van der Waals surface area contributed by atoms with Gasteiger partial charge in [0.05, 0.1) is 6.54 Å². The van der Waals surface area contributed by atoms with Crippen LogP contribution in [0.1, 0.15) is 53.2 Å². The molecule has 1 fully saturated rings. The number of fused-ring (bicyclic) bond motifs is 1. The summed E-state index contributed by atoms with van der Waals surface area (Å²) in [6, 6.07) is 9.85. The second-order valence-corrected chi connectivity index (χ2v) is 8.32. The number of rotatable bonds is 7. The summed E-state index contributed by atoms with van der Waals surface area (Å²) in [5.41, 5.74) is 2.55. The van der Waals surface area contributed by atoms with E-state index in [1.165, 1.54) is 0 Å². The second kappa shape index (κ2) is 9.06. The number of carbonyl (C=O) groups is 2. The Balaban J connectivity index is 1.71. The Morgan fingerprint density at radius 3 is 2.61 bits per heavy atom. The molecule has 2 aliphatic rings. The predicted molar refractivity (Wildman–Crippen MR) is 117 cm³/mol. The largest absolute Gasteiger partial charge is 0.372 e. The molecule has 7 nitrogen and oxygen atoms in total. The molecule has 2 heterocycles. The van der Waals surface area contributed by atoms with E-state index in [-0.39, 0.29) is 29.0 Å². The molecule has 31 heavy (non-hydrogen) atoms. The summed E-state index contributed by atoms with van der Waals surface area (Å²) in [6.45, 7) is 3.13. The first-order valence-corrected chi connectivity index (χ1v) is 10.9. The van der Waals surface area contributed by atoms with E-state index in [4.69, 9.17) is 4.74 Å². The lowest BCUT2D eigenvalue weighted by atomic mass is 9.95. The predicted octanol–water partition coefficient (Wildman–Crippen LogP) is 2.10. The molecule has 1 atom stereocenters. The maximum Gasteiger partial charge on any atom is 0.264 e. The fraction of sp³-hybridized carbons (Fsp3) is 0.458. The van der Waals surface area contributed by atoms with Crippen LogP contribution in [0, 0.1) is 0 Å². The number of nitrogens with one attached hydrogen (secondary N) is 1. The number of hydrogen-bond acceptors (Lipinski definition) is 4. The lowest BCUT2D eigenvalue weighted by Crippen LogP contribution is -2.45. The Morgan fingerprint density at radius 2 is 1.97 bits per heavy atom. The molecule has 1 aromatic heterocycles. The minimum atomic E-state index is -0.477. The van der Waals surface area contributed by atoms with Gasteiger partial charge in [-0.2, -0.15) is 0 Å². The maximum absolute atomic E-state index is 13.3. The fourth-order valence-electron chi connectivity index (χ4n) is 4.16. The molecule has 1 aliphatic heterocycles. The van der Waals surface area contributed by atoms with Gasteiger partial charge >= 0.3 is 0 Å². The normalized spacial score (nSPS) is 16.5. The molecule has 0 saturated heterocycles. The highest BCUT2D eigenvalue weighted by atomic mass is 16.5. The number of aromatic nitrogens is 1.